The molecule has 0 spiro atoms. The maximum atomic E-state index is 5.93. The summed E-state index contributed by atoms with van der Waals surface area (Å²) < 4.78 is 5.23. The number of nitrogens with zero attached hydrogens (tertiary/aromatic N) is 1. The monoisotopic (exact) mass is 235 g/mol. The Kier molecular flexibility index (Phi) is 3.54. The lowest BCUT2D eigenvalue weighted by atomic mass is 9.98. The van der Waals surface area contributed by atoms with Crippen molar-refractivity contribution >= 4 is 5.69 Å². The van der Waals surface area contributed by atoms with E-state index in [1.165, 1.54) is 0 Å². The van der Waals surface area contributed by atoms with E-state index in [-0.39, 0.29) is 5.54 Å². The Labute approximate surface area is 103 Å². The lowest BCUT2D eigenvalue weighted by Crippen LogP contribution is -2.47. The third kappa shape index (κ3) is 2.70. The zero-order chi connectivity index (χ0) is 12.3. The molecule has 0 amide bonds. The van der Waals surface area contributed by atoms with Crippen LogP contribution in [0.25, 0.3) is 0 Å². The van der Waals surface area contributed by atoms with Gasteiger partial charge in [-0.05, 0) is 25.6 Å². The molecule has 1 aromatic carbocycles. The minimum atomic E-state index is 0.00111. The SMILES string of the molecule is COc1cccc(NC2(CN)CCN(C)C2)c1. The molecule has 2 rings (SSSR count). The fourth-order valence-electron chi connectivity index (χ4n) is 2.41. The van der Waals surface area contributed by atoms with Crippen LogP contribution in [0.2, 0.25) is 0 Å². The summed E-state index contributed by atoms with van der Waals surface area (Å²) in [5.41, 5.74) is 7.00. The number of rotatable bonds is 4. The second kappa shape index (κ2) is 4.94. The first kappa shape index (κ1) is 12.2. The highest BCUT2D eigenvalue weighted by atomic mass is 16.5. The van der Waals surface area contributed by atoms with Crippen molar-refractivity contribution in [2.24, 2.45) is 5.73 Å². The van der Waals surface area contributed by atoms with Crippen LogP contribution in [0.4, 0.5) is 5.69 Å². The second-order valence-electron chi connectivity index (χ2n) is 4.83. The molecule has 1 heterocycles. The van der Waals surface area contributed by atoms with Crippen molar-refractivity contribution in [3.63, 3.8) is 0 Å². The molecular weight excluding hydrogens is 214 g/mol. The van der Waals surface area contributed by atoms with Crippen LogP contribution in [0, 0.1) is 0 Å². The standard InChI is InChI=1S/C13H21N3O/c1-16-7-6-13(9-14,10-16)15-11-4-3-5-12(8-11)17-2/h3-5,8,15H,6-7,9-10,14H2,1-2H3. The number of ether oxygens (including phenoxy) is 1. The third-order valence-corrected chi connectivity index (χ3v) is 3.41. The van der Waals surface area contributed by atoms with Crippen molar-refractivity contribution in [1.29, 1.82) is 0 Å². The predicted octanol–water partition coefficient (Wildman–Crippen LogP) is 1.14. The van der Waals surface area contributed by atoms with Gasteiger partial charge >= 0.3 is 0 Å². The maximum Gasteiger partial charge on any atom is 0.120 e. The fourth-order valence-corrected chi connectivity index (χ4v) is 2.41. The van der Waals surface area contributed by atoms with Crippen molar-refractivity contribution in [2.75, 3.05) is 39.1 Å². The summed E-state index contributed by atoms with van der Waals surface area (Å²) in [6.45, 7) is 2.73. The van der Waals surface area contributed by atoms with E-state index in [0.29, 0.717) is 6.54 Å². The highest BCUT2D eigenvalue weighted by molar-refractivity contribution is 5.50. The first-order valence-corrected chi connectivity index (χ1v) is 5.98. The van der Waals surface area contributed by atoms with Gasteiger partial charge in [0.1, 0.15) is 5.75 Å². The zero-order valence-corrected chi connectivity index (χ0v) is 10.6. The molecule has 3 N–H and O–H groups in total. The van der Waals surface area contributed by atoms with Crippen LogP contribution in [0.5, 0.6) is 5.75 Å². The van der Waals surface area contributed by atoms with Crippen LogP contribution in [0.3, 0.4) is 0 Å². The van der Waals surface area contributed by atoms with Gasteiger partial charge in [0, 0.05) is 31.4 Å². The van der Waals surface area contributed by atoms with Crippen LogP contribution in [0.1, 0.15) is 6.42 Å². The van der Waals surface area contributed by atoms with E-state index in [9.17, 15) is 0 Å². The molecule has 1 saturated heterocycles. The number of anilines is 1. The topological polar surface area (TPSA) is 50.5 Å². The van der Waals surface area contributed by atoms with Gasteiger partial charge in [-0.25, -0.2) is 0 Å². The summed E-state index contributed by atoms with van der Waals surface area (Å²) in [5, 5.41) is 3.56. The first-order chi connectivity index (χ1) is 8.17. The average molecular weight is 235 g/mol. The summed E-state index contributed by atoms with van der Waals surface area (Å²) in [5.74, 6) is 0.869. The molecular formula is C13H21N3O. The highest BCUT2D eigenvalue weighted by Gasteiger charge is 2.35. The Bertz CT molecular complexity index is 383. The predicted molar refractivity (Wildman–Crippen MR) is 70.5 cm³/mol. The largest absolute Gasteiger partial charge is 0.497 e. The molecule has 0 bridgehead atoms. The van der Waals surface area contributed by atoms with Gasteiger partial charge in [-0.2, -0.15) is 0 Å². The van der Waals surface area contributed by atoms with E-state index >= 15 is 0 Å². The number of nitrogens with two attached hydrogens (primary N) is 1. The van der Waals surface area contributed by atoms with Gasteiger partial charge in [0.15, 0.2) is 0 Å². The van der Waals surface area contributed by atoms with Gasteiger partial charge in [0.2, 0.25) is 0 Å². The minimum Gasteiger partial charge on any atom is -0.497 e. The third-order valence-electron chi connectivity index (χ3n) is 3.41. The molecule has 94 valence electrons. The first-order valence-electron chi connectivity index (χ1n) is 5.98. The van der Waals surface area contributed by atoms with E-state index in [1.54, 1.807) is 7.11 Å². The second-order valence-corrected chi connectivity index (χ2v) is 4.83. The van der Waals surface area contributed by atoms with E-state index in [2.05, 4.69) is 23.3 Å². The average Bonchev–Trinajstić information content (AvgIpc) is 2.72. The lowest BCUT2D eigenvalue weighted by Gasteiger charge is -2.30. The Hall–Kier alpha value is -1.26. The van der Waals surface area contributed by atoms with Crippen LogP contribution in [0.15, 0.2) is 24.3 Å². The summed E-state index contributed by atoms with van der Waals surface area (Å²) in [7, 11) is 3.81. The molecule has 0 saturated carbocycles. The summed E-state index contributed by atoms with van der Waals surface area (Å²) in [6.07, 6.45) is 1.08. The van der Waals surface area contributed by atoms with Crippen molar-refractivity contribution in [3.8, 4) is 5.75 Å². The van der Waals surface area contributed by atoms with E-state index in [4.69, 9.17) is 10.5 Å². The van der Waals surface area contributed by atoms with Crippen LogP contribution in [-0.4, -0.2) is 44.2 Å². The Morgan fingerprint density at radius 1 is 1.53 bits per heavy atom. The quantitative estimate of drug-likeness (QED) is 0.821. The number of hydrogen-bond acceptors (Lipinski definition) is 4. The smallest absolute Gasteiger partial charge is 0.120 e. The minimum absolute atomic E-state index is 0.00111. The molecule has 1 aliphatic rings. The van der Waals surface area contributed by atoms with Gasteiger partial charge < -0.3 is 20.7 Å². The Morgan fingerprint density at radius 2 is 2.35 bits per heavy atom. The summed E-state index contributed by atoms with van der Waals surface area (Å²) in [6, 6.07) is 8.00. The molecule has 17 heavy (non-hydrogen) atoms. The van der Waals surface area contributed by atoms with Gasteiger partial charge in [-0.15, -0.1) is 0 Å². The molecule has 0 aliphatic carbocycles. The van der Waals surface area contributed by atoms with Gasteiger partial charge in [0.25, 0.3) is 0 Å². The van der Waals surface area contributed by atoms with E-state index in [1.807, 2.05) is 18.2 Å². The molecule has 0 aromatic heterocycles. The van der Waals surface area contributed by atoms with Crippen molar-refractivity contribution in [2.45, 2.75) is 12.0 Å². The molecule has 1 atom stereocenters. The fraction of sp³-hybridized carbons (Fsp3) is 0.538. The van der Waals surface area contributed by atoms with E-state index in [0.717, 1.165) is 30.9 Å². The number of likely N-dealkylation sites (tertiary alicyclic amines) is 1. The normalized spacial score (nSPS) is 24.9. The van der Waals surface area contributed by atoms with Gasteiger partial charge in [0.05, 0.1) is 12.6 Å². The summed E-state index contributed by atoms with van der Waals surface area (Å²) in [4.78, 5) is 2.31. The van der Waals surface area contributed by atoms with Crippen molar-refractivity contribution in [1.82, 2.24) is 4.90 Å². The molecule has 1 fully saturated rings. The zero-order valence-electron chi connectivity index (χ0n) is 10.6. The number of nitrogens with one attached hydrogen (secondary N) is 1. The number of likely N-dealkylation sites (N-methyl/N-ethyl adjacent to an activating group) is 1. The van der Waals surface area contributed by atoms with E-state index < -0.39 is 0 Å². The molecule has 1 aliphatic heterocycles. The van der Waals surface area contributed by atoms with Crippen molar-refractivity contribution in [3.05, 3.63) is 24.3 Å². The van der Waals surface area contributed by atoms with Gasteiger partial charge in [-0.1, -0.05) is 6.07 Å². The van der Waals surface area contributed by atoms with Crippen molar-refractivity contribution < 1.29 is 4.74 Å². The van der Waals surface area contributed by atoms with Gasteiger partial charge in [-0.3, -0.25) is 0 Å². The molecule has 4 nitrogen and oxygen atoms in total. The van der Waals surface area contributed by atoms with Crippen LogP contribution in [-0.2, 0) is 0 Å². The molecule has 0 radical (unpaired) electrons. The molecule has 1 unspecified atom stereocenters. The van der Waals surface area contributed by atoms with Crippen LogP contribution >= 0.6 is 0 Å². The summed E-state index contributed by atoms with van der Waals surface area (Å²) >= 11 is 0. The lowest BCUT2D eigenvalue weighted by molar-refractivity contribution is 0.384. The van der Waals surface area contributed by atoms with Crippen LogP contribution < -0.4 is 15.8 Å². The molecule has 4 heteroatoms. The number of methoxy groups -OCH3 is 1. The Balaban J connectivity index is 2.12. The number of benzene rings is 1. The Morgan fingerprint density at radius 3 is 2.94 bits per heavy atom. The molecule has 1 aromatic rings. The number of hydrogen-bond donors (Lipinski definition) is 2. The highest BCUT2D eigenvalue weighted by Crippen LogP contribution is 2.26. The maximum absolute atomic E-state index is 5.93.